The zero-order chi connectivity index (χ0) is 13.2. The van der Waals surface area contributed by atoms with Gasteiger partial charge in [0.05, 0.1) is 33.2 Å². The first-order chi connectivity index (χ1) is 8.47. The first kappa shape index (κ1) is 15.3. The minimum absolute atomic E-state index is 0. The van der Waals surface area contributed by atoms with Crippen molar-refractivity contribution in [2.24, 2.45) is 0 Å². The van der Waals surface area contributed by atoms with Crippen LogP contribution in [0.15, 0.2) is 24.4 Å². The molecule has 5 heteroatoms. The summed E-state index contributed by atoms with van der Waals surface area (Å²) in [5.74, 6) is 0.780. The summed E-state index contributed by atoms with van der Waals surface area (Å²) in [4.78, 5) is 0. The molecule has 2 aromatic rings. The molecule has 0 aliphatic rings. The predicted molar refractivity (Wildman–Crippen MR) is 82.0 cm³/mol. The van der Waals surface area contributed by atoms with Crippen LogP contribution < -0.4 is 11.1 Å². The van der Waals surface area contributed by atoms with Crippen molar-refractivity contribution < 1.29 is 4.48 Å². The van der Waals surface area contributed by atoms with E-state index in [4.69, 9.17) is 5.73 Å². The van der Waals surface area contributed by atoms with Crippen LogP contribution in [-0.2, 0) is 0 Å². The van der Waals surface area contributed by atoms with Gasteiger partial charge in [-0.2, -0.15) is 0 Å². The minimum atomic E-state index is 0. The van der Waals surface area contributed by atoms with Gasteiger partial charge in [-0.15, -0.1) is 5.10 Å². The third-order valence-electron chi connectivity index (χ3n) is 2.88. The molecule has 5 nitrogen and oxygen atoms in total. The van der Waals surface area contributed by atoms with Crippen LogP contribution in [0.3, 0.4) is 0 Å². The van der Waals surface area contributed by atoms with Crippen LogP contribution >= 0.6 is 0 Å². The molecule has 0 atom stereocenters. The topological polar surface area (TPSA) is 55.4 Å². The van der Waals surface area contributed by atoms with E-state index >= 15 is 0 Å². The van der Waals surface area contributed by atoms with E-state index in [0.29, 0.717) is 0 Å². The average molecular weight is 263 g/mol. The van der Waals surface area contributed by atoms with Gasteiger partial charge in [-0.25, -0.2) is 4.52 Å². The Balaban J connectivity index is 0.00000180. The lowest BCUT2D eigenvalue weighted by atomic mass is 10.3. The molecular formula is C14H25N5. The lowest BCUT2D eigenvalue weighted by Crippen LogP contribution is -2.36. The number of nitrogens with two attached hydrogens (primary N) is 1. The monoisotopic (exact) mass is 263 g/mol. The van der Waals surface area contributed by atoms with Gasteiger partial charge in [0.1, 0.15) is 5.69 Å². The predicted octanol–water partition coefficient (Wildman–Crippen LogP) is 1.87. The van der Waals surface area contributed by atoms with Gasteiger partial charge in [-0.05, 0) is 12.1 Å². The van der Waals surface area contributed by atoms with Gasteiger partial charge in [0, 0.05) is 19.2 Å². The number of pyridine rings is 1. The van der Waals surface area contributed by atoms with Gasteiger partial charge in [0.15, 0.2) is 5.82 Å². The number of anilines is 2. The van der Waals surface area contributed by atoms with Gasteiger partial charge in [0.2, 0.25) is 0 Å². The summed E-state index contributed by atoms with van der Waals surface area (Å²) in [5, 5.41) is 7.73. The van der Waals surface area contributed by atoms with Crippen molar-refractivity contribution in [2.45, 2.75) is 6.42 Å². The molecule has 0 saturated carbocycles. The lowest BCUT2D eigenvalue weighted by molar-refractivity contribution is -0.870. The Morgan fingerprint density at radius 3 is 2.68 bits per heavy atom. The summed E-state index contributed by atoms with van der Waals surface area (Å²) in [5.41, 5.74) is 7.73. The van der Waals surface area contributed by atoms with E-state index in [1.54, 1.807) is 4.52 Å². The van der Waals surface area contributed by atoms with Crippen molar-refractivity contribution in [3.63, 3.8) is 0 Å². The fourth-order valence-corrected chi connectivity index (χ4v) is 1.91. The van der Waals surface area contributed by atoms with E-state index in [0.717, 1.165) is 41.0 Å². The largest absolute Gasteiger partial charge is 0.394 e. The van der Waals surface area contributed by atoms with Crippen molar-refractivity contribution in [1.82, 2.24) is 9.61 Å². The zero-order valence-electron chi connectivity index (χ0n) is 12.3. The van der Waals surface area contributed by atoms with E-state index in [1.807, 2.05) is 24.4 Å². The molecule has 0 aliphatic carbocycles. The minimum Gasteiger partial charge on any atom is -0.394 e. The molecule has 0 fully saturated rings. The Hall–Kier alpha value is -1.75. The summed E-state index contributed by atoms with van der Waals surface area (Å²) in [6.07, 6.45) is 3.00. The molecule has 106 valence electrons. The Morgan fingerprint density at radius 2 is 2.05 bits per heavy atom. The van der Waals surface area contributed by atoms with Gasteiger partial charge in [0.25, 0.3) is 0 Å². The molecule has 0 aromatic carbocycles. The maximum atomic E-state index is 6.06. The highest BCUT2D eigenvalue weighted by atomic mass is 15.3. The van der Waals surface area contributed by atoms with Gasteiger partial charge < -0.3 is 23.0 Å². The normalized spacial score (nSPS) is 11.3. The number of nitrogens with zero attached hydrogens (tertiary/aromatic N) is 3. The standard InChI is InChI=1S/C13H22N5.CH3/c1-18(2,3)10-6-8-15-13-12(14)11-7-4-5-9-17(11)16-13;/h4-5,7,9H,6,8,10,14H2,1-3H3,(H,15,16);1H3/q+1;-1. The molecular weight excluding hydrogens is 238 g/mol. The number of nitrogens with one attached hydrogen (secondary N) is 1. The highest BCUT2D eigenvalue weighted by Crippen LogP contribution is 2.22. The summed E-state index contributed by atoms with van der Waals surface area (Å²) in [6.45, 7) is 2.02. The van der Waals surface area contributed by atoms with Gasteiger partial charge >= 0.3 is 0 Å². The number of hydrogen-bond donors (Lipinski definition) is 2. The van der Waals surface area contributed by atoms with Crippen LogP contribution in [-0.4, -0.2) is 48.3 Å². The Bertz CT molecular complexity index is 524. The van der Waals surface area contributed by atoms with E-state index in [9.17, 15) is 0 Å². The number of fused-ring (bicyclic) bond motifs is 1. The maximum Gasteiger partial charge on any atom is 0.172 e. The summed E-state index contributed by atoms with van der Waals surface area (Å²) in [7, 11) is 6.58. The molecule has 0 spiro atoms. The highest BCUT2D eigenvalue weighted by Gasteiger charge is 2.09. The maximum absolute atomic E-state index is 6.06. The molecule has 0 bridgehead atoms. The molecule has 2 heterocycles. The Morgan fingerprint density at radius 1 is 1.32 bits per heavy atom. The second-order valence-electron chi connectivity index (χ2n) is 5.59. The second-order valence-corrected chi connectivity index (χ2v) is 5.59. The first-order valence-electron chi connectivity index (χ1n) is 6.24. The van der Waals surface area contributed by atoms with Crippen LogP contribution in [0.4, 0.5) is 11.5 Å². The zero-order valence-corrected chi connectivity index (χ0v) is 12.3. The van der Waals surface area contributed by atoms with Crippen LogP contribution in [0.5, 0.6) is 0 Å². The van der Waals surface area contributed by atoms with Crippen molar-refractivity contribution >= 4 is 17.0 Å². The summed E-state index contributed by atoms with van der Waals surface area (Å²) in [6, 6.07) is 5.88. The van der Waals surface area contributed by atoms with Gasteiger partial charge in [-0.3, -0.25) is 0 Å². The fraction of sp³-hybridized carbons (Fsp3) is 0.429. The fourth-order valence-electron chi connectivity index (χ4n) is 1.91. The SMILES string of the molecule is C[N+](C)(C)CCCNc1nn2ccccc2c1N.[CH3-]. The molecule has 3 N–H and O–H groups in total. The van der Waals surface area contributed by atoms with E-state index in [1.165, 1.54) is 0 Å². The molecule has 0 amide bonds. The molecule has 19 heavy (non-hydrogen) atoms. The number of rotatable bonds is 5. The second kappa shape index (κ2) is 5.93. The Labute approximate surface area is 115 Å². The number of hydrogen-bond acceptors (Lipinski definition) is 3. The van der Waals surface area contributed by atoms with E-state index in [2.05, 4.69) is 31.6 Å². The number of aromatic nitrogens is 2. The van der Waals surface area contributed by atoms with Crippen LogP contribution in [0.25, 0.3) is 5.52 Å². The average Bonchev–Trinajstić information content (AvgIpc) is 2.62. The molecule has 2 aromatic heterocycles. The molecule has 0 radical (unpaired) electrons. The smallest absolute Gasteiger partial charge is 0.172 e. The quantitative estimate of drug-likeness (QED) is 0.492. The molecule has 2 rings (SSSR count). The van der Waals surface area contributed by atoms with Gasteiger partial charge in [-0.1, -0.05) is 6.07 Å². The molecule has 0 saturated heterocycles. The molecule has 0 unspecified atom stereocenters. The third kappa shape index (κ3) is 3.86. The van der Waals surface area contributed by atoms with E-state index < -0.39 is 0 Å². The van der Waals surface area contributed by atoms with Crippen molar-refractivity contribution in [2.75, 3.05) is 45.3 Å². The van der Waals surface area contributed by atoms with Crippen molar-refractivity contribution in [1.29, 1.82) is 0 Å². The van der Waals surface area contributed by atoms with Crippen molar-refractivity contribution in [3.05, 3.63) is 31.8 Å². The first-order valence-corrected chi connectivity index (χ1v) is 6.24. The van der Waals surface area contributed by atoms with E-state index in [-0.39, 0.29) is 7.43 Å². The number of quaternary nitrogens is 1. The van der Waals surface area contributed by atoms with Crippen LogP contribution in [0, 0.1) is 7.43 Å². The third-order valence-corrected chi connectivity index (χ3v) is 2.88. The van der Waals surface area contributed by atoms with Crippen LogP contribution in [0.1, 0.15) is 6.42 Å². The van der Waals surface area contributed by atoms with Crippen molar-refractivity contribution in [3.8, 4) is 0 Å². The highest BCUT2D eigenvalue weighted by molar-refractivity contribution is 5.80. The molecule has 0 aliphatic heterocycles. The van der Waals surface area contributed by atoms with Crippen LogP contribution in [0.2, 0.25) is 0 Å². The summed E-state index contributed by atoms with van der Waals surface area (Å²) < 4.78 is 2.78. The number of nitrogen functional groups attached to an aromatic ring is 1. The lowest BCUT2D eigenvalue weighted by Gasteiger charge is -2.23. The Kier molecular flexibility index (Phi) is 4.78. The summed E-state index contributed by atoms with van der Waals surface area (Å²) >= 11 is 0.